The summed E-state index contributed by atoms with van der Waals surface area (Å²) in [5.74, 6) is 1.32. The lowest BCUT2D eigenvalue weighted by Crippen LogP contribution is -2.21. The van der Waals surface area contributed by atoms with Crippen LogP contribution in [0, 0.1) is 0 Å². The molecule has 0 bridgehead atoms. The van der Waals surface area contributed by atoms with Gasteiger partial charge in [-0.1, -0.05) is 18.2 Å². The number of rotatable bonds is 2. The summed E-state index contributed by atoms with van der Waals surface area (Å²) in [6.45, 7) is 0. The summed E-state index contributed by atoms with van der Waals surface area (Å²) in [5.41, 5.74) is 7.89. The maximum absolute atomic E-state index is 12.2. The van der Waals surface area contributed by atoms with Crippen molar-refractivity contribution in [2.45, 2.75) is 12.5 Å². The fourth-order valence-corrected chi connectivity index (χ4v) is 2.37. The van der Waals surface area contributed by atoms with E-state index in [4.69, 9.17) is 15.2 Å². The van der Waals surface area contributed by atoms with Crippen molar-refractivity contribution in [1.29, 1.82) is 0 Å². The molecule has 1 aliphatic heterocycles. The normalized spacial score (nSPS) is 17.2. The van der Waals surface area contributed by atoms with Crippen LogP contribution in [0.3, 0.4) is 0 Å². The number of hydrogen-bond donors (Lipinski definition) is 1. The molecule has 20 heavy (non-hydrogen) atoms. The van der Waals surface area contributed by atoms with Crippen molar-refractivity contribution in [3.8, 4) is 11.5 Å². The first-order chi connectivity index (χ1) is 9.69. The molecule has 1 atom stereocenters. The van der Waals surface area contributed by atoms with Gasteiger partial charge in [0.2, 0.25) is 0 Å². The Hall–Kier alpha value is -2.49. The minimum absolute atomic E-state index is 0.0550. The Morgan fingerprint density at radius 2 is 1.95 bits per heavy atom. The number of para-hydroxylation sites is 1. The van der Waals surface area contributed by atoms with Gasteiger partial charge in [0.25, 0.3) is 0 Å². The Morgan fingerprint density at radius 1 is 1.20 bits per heavy atom. The van der Waals surface area contributed by atoms with Crippen molar-refractivity contribution in [3.63, 3.8) is 0 Å². The average Bonchev–Trinajstić information content (AvgIpc) is 2.48. The van der Waals surface area contributed by atoms with E-state index < -0.39 is 0 Å². The monoisotopic (exact) mass is 269 g/mol. The molecule has 1 unspecified atom stereocenters. The lowest BCUT2D eigenvalue weighted by atomic mass is 9.96. The van der Waals surface area contributed by atoms with Crippen LogP contribution in [0.15, 0.2) is 42.5 Å². The van der Waals surface area contributed by atoms with Crippen LogP contribution in [-0.4, -0.2) is 12.9 Å². The average molecular weight is 269 g/mol. The van der Waals surface area contributed by atoms with E-state index >= 15 is 0 Å². The van der Waals surface area contributed by atoms with E-state index in [9.17, 15) is 4.79 Å². The number of carbonyl (C=O) groups excluding carboxylic acids is 1. The molecular weight excluding hydrogens is 254 g/mol. The number of Topliss-reactive ketones (excluding diaryl/α,β-unsaturated/α-hetero) is 1. The molecular formula is C16H15NO3. The number of nitrogen functional groups attached to an aromatic ring is 1. The number of ether oxygens (including phenoxy) is 2. The van der Waals surface area contributed by atoms with Crippen LogP contribution >= 0.6 is 0 Å². The maximum atomic E-state index is 12.2. The van der Waals surface area contributed by atoms with Gasteiger partial charge in [0.05, 0.1) is 24.8 Å². The molecule has 4 nitrogen and oxygen atoms in total. The molecule has 2 N–H and O–H groups in total. The number of methoxy groups -OCH3 is 1. The minimum atomic E-state index is -0.300. The van der Waals surface area contributed by atoms with Crippen LogP contribution in [0.25, 0.3) is 0 Å². The van der Waals surface area contributed by atoms with Gasteiger partial charge in [-0.15, -0.1) is 0 Å². The molecule has 0 saturated heterocycles. The molecule has 1 aliphatic rings. The fraction of sp³-hybridized carbons (Fsp3) is 0.188. The summed E-state index contributed by atoms with van der Waals surface area (Å²) in [6.07, 6.45) is 0.0218. The largest absolute Gasteiger partial charge is 0.497 e. The number of anilines is 1. The van der Waals surface area contributed by atoms with Gasteiger partial charge in [0.15, 0.2) is 11.5 Å². The Kier molecular flexibility index (Phi) is 3.06. The molecule has 0 fully saturated rings. The van der Waals surface area contributed by atoms with Crippen molar-refractivity contribution >= 4 is 11.5 Å². The molecule has 1 heterocycles. The van der Waals surface area contributed by atoms with Crippen molar-refractivity contribution < 1.29 is 14.3 Å². The zero-order valence-corrected chi connectivity index (χ0v) is 11.1. The molecule has 4 heteroatoms. The highest BCUT2D eigenvalue weighted by atomic mass is 16.5. The Morgan fingerprint density at radius 3 is 2.65 bits per heavy atom. The molecule has 2 aromatic rings. The predicted octanol–water partition coefficient (Wildman–Crippen LogP) is 2.98. The molecule has 0 saturated carbocycles. The number of ketones is 1. The zero-order chi connectivity index (χ0) is 14.1. The van der Waals surface area contributed by atoms with Crippen molar-refractivity contribution in [1.82, 2.24) is 0 Å². The summed E-state index contributed by atoms with van der Waals surface area (Å²) >= 11 is 0. The van der Waals surface area contributed by atoms with E-state index in [2.05, 4.69) is 0 Å². The van der Waals surface area contributed by atoms with Gasteiger partial charge < -0.3 is 15.2 Å². The molecule has 0 spiro atoms. The van der Waals surface area contributed by atoms with E-state index in [0.29, 0.717) is 23.4 Å². The van der Waals surface area contributed by atoms with Crippen LogP contribution in [0.5, 0.6) is 11.5 Å². The summed E-state index contributed by atoms with van der Waals surface area (Å²) in [7, 11) is 1.62. The quantitative estimate of drug-likeness (QED) is 0.851. The topological polar surface area (TPSA) is 61.5 Å². The second-order valence-electron chi connectivity index (χ2n) is 4.73. The number of fused-ring (bicyclic) bond motifs is 1. The van der Waals surface area contributed by atoms with E-state index in [1.54, 1.807) is 25.3 Å². The third-order valence-electron chi connectivity index (χ3n) is 3.46. The predicted molar refractivity (Wildman–Crippen MR) is 76.2 cm³/mol. The molecule has 0 radical (unpaired) electrons. The first-order valence-corrected chi connectivity index (χ1v) is 6.41. The molecule has 3 rings (SSSR count). The van der Waals surface area contributed by atoms with Crippen LogP contribution in [0.1, 0.15) is 28.4 Å². The number of nitrogens with two attached hydrogens (primary N) is 1. The summed E-state index contributed by atoms with van der Waals surface area (Å²) in [6, 6.07) is 12.8. The van der Waals surface area contributed by atoms with Crippen LogP contribution < -0.4 is 15.2 Å². The second-order valence-corrected chi connectivity index (χ2v) is 4.73. The fourth-order valence-electron chi connectivity index (χ4n) is 2.37. The lowest BCUT2D eigenvalue weighted by molar-refractivity contribution is 0.0851. The van der Waals surface area contributed by atoms with E-state index in [-0.39, 0.29) is 11.9 Å². The van der Waals surface area contributed by atoms with Gasteiger partial charge in [0.1, 0.15) is 11.9 Å². The van der Waals surface area contributed by atoms with Gasteiger partial charge in [-0.3, -0.25) is 4.79 Å². The molecule has 102 valence electrons. The molecule has 0 aliphatic carbocycles. The standard InChI is InChI=1S/C16H15NO3/c1-19-11-7-5-10(6-8-11)15-9-14(18)12-3-2-4-13(17)16(12)20-15/h2-8,15H,9,17H2,1H3. The van der Waals surface area contributed by atoms with Gasteiger partial charge in [-0.05, 0) is 29.8 Å². The third kappa shape index (κ3) is 2.09. The summed E-state index contributed by atoms with van der Waals surface area (Å²) in [4.78, 5) is 12.2. The molecule has 2 aromatic carbocycles. The first-order valence-electron chi connectivity index (χ1n) is 6.41. The Balaban J connectivity index is 1.94. The van der Waals surface area contributed by atoms with Gasteiger partial charge in [0, 0.05) is 0 Å². The second kappa shape index (κ2) is 4.89. The van der Waals surface area contributed by atoms with Crippen molar-refractivity contribution in [2.24, 2.45) is 0 Å². The maximum Gasteiger partial charge on any atom is 0.170 e. The van der Waals surface area contributed by atoms with Gasteiger partial charge in [-0.25, -0.2) is 0 Å². The summed E-state index contributed by atoms with van der Waals surface area (Å²) in [5, 5.41) is 0. The SMILES string of the molecule is COc1ccc(C2CC(=O)c3cccc(N)c3O2)cc1. The van der Waals surface area contributed by atoms with E-state index in [1.165, 1.54) is 0 Å². The number of carbonyl (C=O) groups is 1. The molecule has 0 aromatic heterocycles. The van der Waals surface area contributed by atoms with Crippen LogP contribution in [0.2, 0.25) is 0 Å². The third-order valence-corrected chi connectivity index (χ3v) is 3.46. The van der Waals surface area contributed by atoms with Crippen molar-refractivity contribution in [2.75, 3.05) is 12.8 Å². The van der Waals surface area contributed by atoms with Gasteiger partial charge >= 0.3 is 0 Å². The zero-order valence-electron chi connectivity index (χ0n) is 11.1. The highest BCUT2D eigenvalue weighted by Crippen LogP contribution is 2.38. The first kappa shape index (κ1) is 12.5. The van der Waals surface area contributed by atoms with Crippen LogP contribution in [0.4, 0.5) is 5.69 Å². The van der Waals surface area contributed by atoms with Crippen molar-refractivity contribution in [3.05, 3.63) is 53.6 Å². The number of benzene rings is 2. The summed E-state index contributed by atoms with van der Waals surface area (Å²) < 4.78 is 11.0. The van der Waals surface area contributed by atoms with Crippen LogP contribution in [-0.2, 0) is 0 Å². The van der Waals surface area contributed by atoms with Gasteiger partial charge in [-0.2, -0.15) is 0 Å². The highest BCUT2D eigenvalue weighted by Gasteiger charge is 2.28. The van der Waals surface area contributed by atoms with E-state index in [0.717, 1.165) is 11.3 Å². The Labute approximate surface area is 117 Å². The highest BCUT2D eigenvalue weighted by molar-refractivity contribution is 6.01. The Bertz CT molecular complexity index is 649. The minimum Gasteiger partial charge on any atom is -0.497 e. The lowest BCUT2D eigenvalue weighted by Gasteiger charge is -2.26. The number of hydrogen-bond acceptors (Lipinski definition) is 4. The smallest absolute Gasteiger partial charge is 0.170 e. The molecule has 0 amide bonds. The van der Waals surface area contributed by atoms with E-state index in [1.807, 2.05) is 24.3 Å².